The number of fused-ring (bicyclic) bond motifs is 5. The largest absolute Gasteiger partial charge is 0.416 e. The third-order valence-corrected chi connectivity index (χ3v) is 7.57. The standard InChI is InChI=1S/C24H16ClF6N5O3/c1-10-16(3-2-11(8-32)18(10)25)36-20(37)19-17-7-15(35(19)22(36)39)9-34(17)21(38)33-14-5-12(23(26,27)28)4-13(6-14)24(29,30)31/h2-6,15,17,19H,7,9H2,1H3,(H,33,38)/t15-,17?,19?/m1/s1. The molecule has 3 heterocycles. The quantitative estimate of drug-likeness (QED) is 0.386. The third kappa shape index (κ3) is 4.21. The second-order valence-electron chi connectivity index (χ2n) is 9.33. The minimum Gasteiger partial charge on any atom is -0.317 e. The summed E-state index contributed by atoms with van der Waals surface area (Å²) >= 11 is 6.20. The summed E-state index contributed by atoms with van der Waals surface area (Å²) in [6, 6.07) is 1.12. The van der Waals surface area contributed by atoms with Crippen LogP contribution in [0.15, 0.2) is 30.3 Å². The second kappa shape index (κ2) is 8.77. The molecule has 0 aliphatic carbocycles. The summed E-state index contributed by atoms with van der Waals surface area (Å²) in [6.45, 7) is 1.44. The van der Waals surface area contributed by atoms with Crippen molar-refractivity contribution in [2.45, 2.75) is 43.8 Å². The van der Waals surface area contributed by atoms with Crippen LogP contribution in [0.3, 0.4) is 0 Å². The second-order valence-corrected chi connectivity index (χ2v) is 9.70. The van der Waals surface area contributed by atoms with Crippen molar-refractivity contribution in [3.8, 4) is 6.07 Å². The van der Waals surface area contributed by atoms with Crippen LogP contribution in [-0.4, -0.2) is 52.4 Å². The monoisotopic (exact) mass is 571 g/mol. The SMILES string of the molecule is Cc1c(N2C(=O)C3C4C[C@H](CN4C(=O)Nc4cc(C(F)(F)F)cc(C(F)(F)F)c4)N3C2=O)ccc(C#N)c1Cl. The number of rotatable bonds is 2. The smallest absolute Gasteiger partial charge is 0.317 e. The van der Waals surface area contributed by atoms with Crippen LogP contribution >= 0.6 is 11.6 Å². The Bertz CT molecular complexity index is 1440. The molecule has 0 spiro atoms. The molecule has 3 fully saturated rings. The topological polar surface area (TPSA) is 96.8 Å². The van der Waals surface area contributed by atoms with E-state index in [0.29, 0.717) is 17.7 Å². The van der Waals surface area contributed by atoms with Crippen molar-refractivity contribution in [1.29, 1.82) is 5.26 Å². The van der Waals surface area contributed by atoms with Crippen LogP contribution in [0.5, 0.6) is 0 Å². The van der Waals surface area contributed by atoms with Crippen molar-refractivity contribution in [1.82, 2.24) is 9.80 Å². The van der Waals surface area contributed by atoms with Gasteiger partial charge in [0.15, 0.2) is 0 Å². The van der Waals surface area contributed by atoms with E-state index in [9.17, 15) is 40.7 Å². The molecule has 3 saturated heterocycles. The van der Waals surface area contributed by atoms with Gasteiger partial charge in [0.05, 0.1) is 39.5 Å². The molecule has 3 aliphatic rings. The van der Waals surface area contributed by atoms with E-state index in [1.54, 1.807) is 0 Å². The van der Waals surface area contributed by atoms with E-state index in [4.69, 9.17) is 16.9 Å². The third-order valence-electron chi connectivity index (χ3n) is 7.08. The molecule has 3 atom stereocenters. The first kappa shape index (κ1) is 26.6. The molecule has 5 rings (SSSR count). The average molecular weight is 572 g/mol. The number of nitrogens with one attached hydrogen (secondary N) is 1. The van der Waals surface area contributed by atoms with Crippen LogP contribution in [0.1, 0.15) is 28.7 Å². The van der Waals surface area contributed by atoms with E-state index in [1.165, 1.54) is 24.0 Å². The molecule has 0 radical (unpaired) electrons. The Balaban J connectivity index is 1.41. The van der Waals surface area contributed by atoms with Crippen LogP contribution in [0.2, 0.25) is 5.02 Å². The molecule has 0 aromatic heterocycles. The lowest BCUT2D eigenvalue weighted by Crippen LogP contribution is -2.55. The number of piperazine rings is 1. The highest BCUT2D eigenvalue weighted by Gasteiger charge is 2.63. The molecule has 2 bridgehead atoms. The highest BCUT2D eigenvalue weighted by Crippen LogP contribution is 2.44. The van der Waals surface area contributed by atoms with Gasteiger partial charge in [0, 0.05) is 12.2 Å². The molecule has 3 aliphatic heterocycles. The molecule has 2 aromatic carbocycles. The summed E-state index contributed by atoms with van der Waals surface area (Å²) in [6.07, 6.45) is -9.99. The van der Waals surface area contributed by atoms with Crippen LogP contribution < -0.4 is 10.2 Å². The van der Waals surface area contributed by atoms with Gasteiger partial charge in [-0.05, 0) is 49.2 Å². The highest BCUT2D eigenvalue weighted by atomic mass is 35.5. The van der Waals surface area contributed by atoms with Crippen molar-refractivity contribution in [2.75, 3.05) is 16.8 Å². The maximum Gasteiger partial charge on any atom is 0.416 e. The predicted molar refractivity (Wildman–Crippen MR) is 124 cm³/mol. The van der Waals surface area contributed by atoms with Gasteiger partial charge in [0.25, 0.3) is 5.91 Å². The van der Waals surface area contributed by atoms with E-state index in [1.807, 2.05) is 6.07 Å². The molecule has 2 aromatic rings. The lowest BCUT2D eigenvalue weighted by Gasteiger charge is -2.34. The number of hydrogen-bond donors (Lipinski definition) is 1. The first-order chi connectivity index (χ1) is 18.1. The van der Waals surface area contributed by atoms with Gasteiger partial charge in [-0.2, -0.15) is 31.6 Å². The summed E-state index contributed by atoms with van der Waals surface area (Å²) < 4.78 is 79.2. The predicted octanol–water partition coefficient (Wildman–Crippen LogP) is 5.38. The Labute approximate surface area is 221 Å². The Kier molecular flexibility index (Phi) is 5.98. The molecular formula is C24H16ClF6N5O3. The molecule has 15 heteroatoms. The Morgan fingerprint density at radius 1 is 1.08 bits per heavy atom. The van der Waals surface area contributed by atoms with Crippen molar-refractivity contribution >= 4 is 40.9 Å². The number of nitrogens with zero attached hydrogens (tertiary/aromatic N) is 4. The fourth-order valence-corrected chi connectivity index (χ4v) is 5.54. The molecule has 204 valence electrons. The number of alkyl halides is 6. The number of urea groups is 2. The number of halogens is 7. The Hall–Kier alpha value is -3.99. The first-order valence-corrected chi connectivity index (χ1v) is 11.7. The number of likely N-dealkylation sites (tertiary alicyclic amines) is 1. The Morgan fingerprint density at radius 2 is 1.69 bits per heavy atom. The maximum absolute atomic E-state index is 13.4. The molecule has 39 heavy (non-hydrogen) atoms. The van der Waals surface area contributed by atoms with Crippen molar-refractivity contribution in [2.24, 2.45) is 0 Å². The zero-order valence-corrected chi connectivity index (χ0v) is 20.4. The normalized spacial score (nSPS) is 22.4. The van der Waals surface area contributed by atoms with Gasteiger partial charge in [-0.1, -0.05) is 11.6 Å². The maximum atomic E-state index is 13.4. The van der Waals surface area contributed by atoms with E-state index < -0.39 is 65.3 Å². The number of carbonyl (C=O) groups excluding carboxylic acids is 3. The van der Waals surface area contributed by atoms with Gasteiger partial charge < -0.3 is 15.1 Å². The van der Waals surface area contributed by atoms with E-state index >= 15 is 0 Å². The van der Waals surface area contributed by atoms with Crippen molar-refractivity contribution < 1.29 is 40.7 Å². The van der Waals surface area contributed by atoms with Crippen molar-refractivity contribution in [3.63, 3.8) is 0 Å². The lowest BCUT2D eigenvalue weighted by atomic mass is 10.1. The summed E-state index contributed by atoms with van der Waals surface area (Å²) in [7, 11) is 0. The highest BCUT2D eigenvalue weighted by molar-refractivity contribution is 6.33. The van der Waals surface area contributed by atoms with Crippen LogP contribution in [0, 0.1) is 18.3 Å². The van der Waals surface area contributed by atoms with Crippen molar-refractivity contribution in [3.05, 3.63) is 57.6 Å². The fourth-order valence-electron chi connectivity index (χ4n) is 5.34. The number of imide groups is 1. The number of hydrogen-bond acceptors (Lipinski definition) is 4. The van der Waals surface area contributed by atoms with Gasteiger partial charge >= 0.3 is 24.4 Å². The van der Waals surface area contributed by atoms with Gasteiger partial charge in [-0.15, -0.1) is 0 Å². The molecule has 2 unspecified atom stereocenters. The molecule has 8 nitrogen and oxygen atoms in total. The minimum atomic E-state index is -5.10. The molecule has 5 amide bonds. The zero-order chi connectivity index (χ0) is 28.6. The van der Waals surface area contributed by atoms with Crippen LogP contribution in [0.4, 0.5) is 47.3 Å². The number of nitriles is 1. The fraction of sp³-hybridized carbons (Fsp3) is 0.333. The lowest BCUT2D eigenvalue weighted by molar-refractivity contribution is -0.143. The summed E-state index contributed by atoms with van der Waals surface area (Å²) in [5, 5.41) is 11.3. The average Bonchev–Trinajstić information content (AvgIpc) is 3.51. The zero-order valence-electron chi connectivity index (χ0n) is 19.7. The van der Waals surface area contributed by atoms with Gasteiger partial charge in [-0.25, -0.2) is 14.5 Å². The number of anilines is 2. The first-order valence-electron chi connectivity index (χ1n) is 11.4. The molecule has 1 N–H and O–H groups in total. The van der Waals surface area contributed by atoms with Gasteiger partial charge in [0.2, 0.25) is 0 Å². The summed E-state index contributed by atoms with van der Waals surface area (Å²) in [5.41, 5.74) is -3.30. The number of amides is 5. The summed E-state index contributed by atoms with van der Waals surface area (Å²) in [4.78, 5) is 43.0. The van der Waals surface area contributed by atoms with E-state index in [-0.39, 0.29) is 35.3 Å². The van der Waals surface area contributed by atoms with Gasteiger partial charge in [-0.3, -0.25) is 4.79 Å². The summed E-state index contributed by atoms with van der Waals surface area (Å²) in [5.74, 6) is -0.674. The van der Waals surface area contributed by atoms with Crippen LogP contribution in [-0.2, 0) is 17.1 Å². The number of benzene rings is 2. The number of carbonyl (C=O) groups is 3. The van der Waals surface area contributed by atoms with Gasteiger partial charge in [0.1, 0.15) is 12.1 Å². The van der Waals surface area contributed by atoms with Crippen LogP contribution in [0.25, 0.3) is 0 Å². The molecule has 0 saturated carbocycles. The Morgan fingerprint density at radius 3 is 2.26 bits per heavy atom. The molecular weight excluding hydrogens is 556 g/mol. The van der Waals surface area contributed by atoms with E-state index in [0.717, 1.165) is 9.80 Å². The van der Waals surface area contributed by atoms with E-state index in [2.05, 4.69) is 5.32 Å². The minimum absolute atomic E-state index is 0.0554.